The van der Waals surface area contributed by atoms with Crippen molar-refractivity contribution in [3.63, 3.8) is 0 Å². The number of halogens is 2. The van der Waals surface area contributed by atoms with Gasteiger partial charge in [0.25, 0.3) is 0 Å². The average molecular weight is 514 g/mol. The van der Waals surface area contributed by atoms with Crippen molar-refractivity contribution < 1.29 is 4.79 Å². The predicted molar refractivity (Wildman–Crippen MR) is 152 cm³/mol. The van der Waals surface area contributed by atoms with Gasteiger partial charge in [0.05, 0.1) is 10.0 Å². The fourth-order valence-electron chi connectivity index (χ4n) is 4.32. The first-order chi connectivity index (χ1) is 16.6. The van der Waals surface area contributed by atoms with Crippen molar-refractivity contribution in [3.05, 3.63) is 28.2 Å². The van der Waals surface area contributed by atoms with Crippen molar-refractivity contribution in [2.45, 2.75) is 129 Å². The van der Waals surface area contributed by atoms with Gasteiger partial charge in [-0.3, -0.25) is 0 Å². The summed E-state index contributed by atoms with van der Waals surface area (Å²) in [6, 6.07) is 5.22. The van der Waals surface area contributed by atoms with E-state index in [1.165, 1.54) is 103 Å². The Bertz CT molecular complexity index is 617. The fraction of sp³-hybridized carbons (Fsp3) is 0.759. The summed E-state index contributed by atoms with van der Waals surface area (Å²) >= 11 is 12.1. The van der Waals surface area contributed by atoms with Crippen molar-refractivity contribution in [1.29, 1.82) is 0 Å². The molecule has 0 aliphatic carbocycles. The Morgan fingerprint density at radius 2 is 1.06 bits per heavy atom. The first-order valence-corrected chi connectivity index (χ1v) is 14.8. The molecular weight excluding hydrogens is 463 g/mol. The molecule has 1 N–H and O–H groups in total. The summed E-state index contributed by atoms with van der Waals surface area (Å²) in [6.45, 7) is 6.16. The number of anilines is 1. The van der Waals surface area contributed by atoms with Crippen molar-refractivity contribution in [3.8, 4) is 0 Å². The largest absolute Gasteiger partial charge is 0.325 e. The lowest BCUT2D eigenvalue weighted by molar-refractivity contribution is 0.209. The molecule has 0 heterocycles. The van der Waals surface area contributed by atoms with E-state index in [1.807, 2.05) is 4.90 Å². The highest BCUT2D eigenvalue weighted by molar-refractivity contribution is 6.42. The number of rotatable bonds is 21. The van der Waals surface area contributed by atoms with Crippen molar-refractivity contribution in [2.75, 3.05) is 18.4 Å². The molecule has 1 aromatic rings. The highest BCUT2D eigenvalue weighted by Gasteiger charge is 2.14. The van der Waals surface area contributed by atoms with E-state index in [0.717, 1.165) is 25.9 Å². The van der Waals surface area contributed by atoms with Crippen molar-refractivity contribution >= 4 is 34.9 Å². The maximum atomic E-state index is 13.0. The smallest absolute Gasteiger partial charge is 0.321 e. The van der Waals surface area contributed by atoms with E-state index in [1.54, 1.807) is 18.2 Å². The second-order valence-electron chi connectivity index (χ2n) is 9.70. The third kappa shape index (κ3) is 15.9. The van der Waals surface area contributed by atoms with E-state index < -0.39 is 0 Å². The summed E-state index contributed by atoms with van der Waals surface area (Å²) in [5.41, 5.74) is 0.698. The summed E-state index contributed by atoms with van der Waals surface area (Å²) in [4.78, 5) is 15.0. The summed E-state index contributed by atoms with van der Waals surface area (Å²) < 4.78 is 0. The zero-order chi connectivity index (χ0) is 24.9. The first kappa shape index (κ1) is 31.1. The number of carbonyl (C=O) groups excluding carboxylic acids is 1. The van der Waals surface area contributed by atoms with Crippen LogP contribution in [0.2, 0.25) is 10.0 Å². The minimum absolute atomic E-state index is 0.0301. The summed E-state index contributed by atoms with van der Waals surface area (Å²) in [7, 11) is 0. The molecule has 0 radical (unpaired) electrons. The molecule has 0 aromatic heterocycles. The summed E-state index contributed by atoms with van der Waals surface area (Å²) in [5.74, 6) is 0. The highest BCUT2D eigenvalue weighted by atomic mass is 35.5. The van der Waals surface area contributed by atoms with Crippen LogP contribution in [-0.4, -0.2) is 24.0 Å². The normalized spacial score (nSPS) is 11.1. The minimum Gasteiger partial charge on any atom is -0.325 e. The molecule has 0 unspecified atom stereocenters. The summed E-state index contributed by atoms with van der Waals surface area (Å²) in [6.07, 6.45) is 23.2. The number of hydrogen-bond acceptors (Lipinski definition) is 1. The molecule has 1 aromatic carbocycles. The van der Waals surface area contributed by atoms with Crippen LogP contribution < -0.4 is 5.32 Å². The van der Waals surface area contributed by atoms with Gasteiger partial charge in [-0.05, 0) is 31.0 Å². The number of unbranched alkanes of at least 4 members (excludes halogenated alkanes) is 16. The van der Waals surface area contributed by atoms with Gasteiger partial charge in [-0.2, -0.15) is 0 Å². The molecule has 34 heavy (non-hydrogen) atoms. The van der Waals surface area contributed by atoms with Crippen molar-refractivity contribution in [2.24, 2.45) is 0 Å². The molecule has 0 aliphatic rings. The molecule has 0 aliphatic heterocycles. The molecular formula is C29H50Cl2N2O. The SMILES string of the molecule is CCCCCCCCCCCN(CCCCCCCCCCC)C(=O)Nc1ccc(Cl)c(Cl)c1. The van der Waals surface area contributed by atoms with E-state index >= 15 is 0 Å². The van der Waals surface area contributed by atoms with Gasteiger partial charge >= 0.3 is 6.03 Å². The molecule has 0 saturated carbocycles. The maximum Gasteiger partial charge on any atom is 0.321 e. The Hall–Kier alpha value is -0.930. The number of nitrogens with one attached hydrogen (secondary N) is 1. The Morgan fingerprint density at radius 3 is 1.47 bits per heavy atom. The molecule has 5 heteroatoms. The highest BCUT2D eigenvalue weighted by Crippen LogP contribution is 2.25. The minimum atomic E-state index is -0.0301. The van der Waals surface area contributed by atoms with Crippen LogP contribution in [0.15, 0.2) is 18.2 Å². The molecule has 196 valence electrons. The second kappa shape index (κ2) is 21.4. The maximum absolute atomic E-state index is 13.0. The van der Waals surface area contributed by atoms with Gasteiger partial charge in [-0.15, -0.1) is 0 Å². The van der Waals surface area contributed by atoms with Crippen LogP contribution in [0.5, 0.6) is 0 Å². The molecule has 0 fully saturated rings. The number of amides is 2. The van der Waals surface area contributed by atoms with E-state index in [2.05, 4.69) is 19.2 Å². The molecule has 1 rings (SSSR count). The van der Waals surface area contributed by atoms with Gasteiger partial charge in [0, 0.05) is 18.8 Å². The van der Waals surface area contributed by atoms with E-state index in [0.29, 0.717) is 15.7 Å². The lowest BCUT2D eigenvalue weighted by atomic mass is 10.1. The van der Waals surface area contributed by atoms with Crippen molar-refractivity contribution in [1.82, 2.24) is 4.90 Å². The molecule has 3 nitrogen and oxygen atoms in total. The zero-order valence-electron chi connectivity index (χ0n) is 22.0. The third-order valence-electron chi connectivity index (χ3n) is 6.52. The Kier molecular flexibility index (Phi) is 19.5. The third-order valence-corrected chi connectivity index (χ3v) is 7.26. The number of nitrogens with zero attached hydrogens (tertiary/aromatic N) is 1. The van der Waals surface area contributed by atoms with Gasteiger partial charge in [0.1, 0.15) is 0 Å². The lowest BCUT2D eigenvalue weighted by Gasteiger charge is -2.23. The van der Waals surface area contributed by atoms with Gasteiger partial charge in [0.15, 0.2) is 0 Å². The fourth-order valence-corrected chi connectivity index (χ4v) is 4.62. The van der Waals surface area contributed by atoms with Gasteiger partial charge in [-0.1, -0.05) is 140 Å². The lowest BCUT2D eigenvalue weighted by Crippen LogP contribution is -2.36. The number of urea groups is 1. The van der Waals surface area contributed by atoms with Gasteiger partial charge in [0.2, 0.25) is 0 Å². The van der Waals surface area contributed by atoms with Gasteiger partial charge < -0.3 is 10.2 Å². The Balaban J connectivity index is 2.37. The number of benzene rings is 1. The number of hydrogen-bond donors (Lipinski definition) is 1. The standard InChI is InChI=1S/C29H50Cl2N2O/c1-3-5-7-9-11-13-15-17-19-23-33(24-20-18-16-14-12-10-8-6-4-2)29(34)32-26-21-22-27(30)28(31)25-26/h21-22,25H,3-20,23-24H2,1-2H3,(H,32,34). The number of carbonyl (C=O) groups is 1. The average Bonchev–Trinajstić information content (AvgIpc) is 2.82. The van der Waals surface area contributed by atoms with Gasteiger partial charge in [-0.25, -0.2) is 4.79 Å². The molecule has 0 saturated heterocycles. The van der Waals surface area contributed by atoms with Crippen LogP contribution in [0.3, 0.4) is 0 Å². The van der Waals surface area contributed by atoms with E-state index in [-0.39, 0.29) is 6.03 Å². The summed E-state index contributed by atoms with van der Waals surface area (Å²) in [5, 5.41) is 3.98. The van der Waals surface area contributed by atoms with Crippen LogP contribution in [0.4, 0.5) is 10.5 Å². The second-order valence-corrected chi connectivity index (χ2v) is 10.5. The molecule has 2 amide bonds. The molecule has 0 atom stereocenters. The van der Waals surface area contributed by atoms with Crippen LogP contribution in [0.1, 0.15) is 129 Å². The Labute approximate surface area is 220 Å². The van der Waals surface area contributed by atoms with E-state index in [9.17, 15) is 4.79 Å². The Morgan fingerprint density at radius 1 is 0.647 bits per heavy atom. The molecule has 0 spiro atoms. The van der Waals surface area contributed by atoms with Crippen LogP contribution >= 0.6 is 23.2 Å². The molecule has 0 bridgehead atoms. The monoisotopic (exact) mass is 512 g/mol. The van der Waals surface area contributed by atoms with E-state index in [4.69, 9.17) is 23.2 Å². The van der Waals surface area contributed by atoms with Crippen LogP contribution in [0.25, 0.3) is 0 Å². The predicted octanol–water partition coefficient (Wildman–Crippen LogP) is 10.9. The first-order valence-electron chi connectivity index (χ1n) is 14.1. The quantitative estimate of drug-likeness (QED) is 0.163. The zero-order valence-corrected chi connectivity index (χ0v) is 23.5. The van der Waals surface area contributed by atoms with Crippen LogP contribution in [-0.2, 0) is 0 Å². The van der Waals surface area contributed by atoms with Crippen LogP contribution in [0, 0.1) is 0 Å². The topological polar surface area (TPSA) is 32.3 Å².